The van der Waals surface area contributed by atoms with E-state index in [-0.39, 0.29) is 18.4 Å². The molecule has 0 atom stereocenters. The van der Waals surface area contributed by atoms with Crippen molar-refractivity contribution in [2.24, 2.45) is 5.92 Å². The first-order valence-corrected chi connectivity index (χ1v) is 9.72. The molecule has 0 aliphatic carbocycles. The summed E-state index contributed by atoms with van der Waals surface area (Å²) in [6.45, 7) is 3.25. The average molecular weight is 401 g/mol. The molecule has 1 aliphatic rings. The molecule has 0 N–H and O–H groups in total. The van der Waals surface area contributed by atoms with E-state index in [4.69, 9.17) is 0 Å². The normalized spacial score (nSPS) is 15.8. The van der Waals surface area contributed by atoms with E-state index in [1.165, 1.54) is 4.57 Å². The Morgan fingerprint density at radius 3 is 2.41 bits per heavy atom. The Morgan fingerprint density at radius 2 is 1.72 bits per heavy atom. The van der Waals surface area contributed by atoms with Crippen LogP contribution in [-0.2, 0) is 12.7 Å². The maximum atomic E-state index is 13.5. The minimum atomic E-state index is -4.50. The van der Waals surface area contributed by atoms with Crippen LogP contribution < -0.4 is 0 Å². The first-order chi connectivity index (χ1) is 13.8. The first-order valence-electron chi connectivity index (χ1n) is 9.72. The quantitative estimate of drug-likeness (QED) is 0.625. The molecule has 2 heterocycles. The van der Waals surface area contributed by atoms with Crippen LogP contribution in [-0.4, -0.2) is 33.4 Å². The molecule has 2 aromatic carbocycles. The number of nitrogens with zero attached hydrogens (tertiary/aromatic N) is 3. The van der Waals surface area contributed by atoms with Crippen molar-refractivity contribution in [3.8, 4) is 0 Å². The van der Waals surface area contributed by atoms with Crippen LogP contribution in [0.3, 0.4) is 0 Å². The summed E-state index contributed by atoms with van der Waals surface area (Å²) >= 11 is 0. The molecule has 0 radical (unpaired) electrons. The van der Waals surface area contributed by atoms with Crippen LogP contribution in [0.4, 0.5) is 13.2 Å². The Balaban J connectivity index is 1.49. The van der Waals surface area contributed by atoms with Crippen LogP contribution in [0.1, 0.15) is 34.6 Å². The van der Waals surface area contributed by atoms with Crippen molar-refractivity contribution >= 4 is 16.9 Å². The fourth-order valence-corrected chi connectivity index (χ4v) is 4.04. The molecule has 1 aromatic heterocycles. The van der Waals surface area contributed by atoms with Crippen molar-refractivity contribution in [1.82, 2.24) is 14.5 Å². The third-order valence-corrected chi connectivity index (χ3v) is 5.63. The van der Waals surface area contributed by atoms with Gasteiger partial charge >= 0.3 is 6.18 Å². The average Bonchev–Trinajstić information content (AvgIpc) is 3.08. The summed E-state index contributed by atoms with van der Waals surface area (Å²) in [5.41, 5.74) is 2.47. The fraction of sp³-hybridized carbons (Fsp3) is 0.364. The molecular weight excluding hydrogens is 379 g/mol. The lowest BCUT2D eigenvalue weighted by Crippen LogP contribution is -2.39. The van der Waals surface area contributed by atoms with Crippen LogP contribution in [0, 0.1) is 12.8 Å². The number of carbonyl (C=O) groups excluding carboxylic acids is 1. The first kappa shape index (κ1) is 19.5. The van der Waals surface area contributed by atoms with Crippen molar-refractivity contribution in [2.75, 3.05) is 13.1 Å². The number of fused-ring (bicyclic) bond motifs is 1. The SMILES string of the molecule is Cc1ccccc1C(=O)N1CCC(Cn2c(C(F)(F)F)nc3ccccc32)CC1. The molecule has 7 heteroatoms. The number of rotatable bonds is 3. The number of likely N-dealkylation sites (tertiary alicyclic amines) is 1. The van der Waals surface area contributed by atoms with Crippen molar-refractivity contribution in [3.05, 3.63) is 65.5 Å². The van der Waals surface area contributed by atoms with Gasteiger partial charge in [-0.05, 0) is 49.4 Å². The van der Waals surface area contributed by atoms with Gasteiger partial charge < -0.3 is 9.47 Å². The Hall–Kier alpha value is -2.83. The van der Waals surface area contributed by atoms with Crippen molar-refractivity contribution < 1.29 is 18.0 Å². The number of hydrogen-bond acceptors (Lipinski definition) is 2. The van der Waals surface area contributed by atoms with Crippen molar-refractivity contribution in [2.45, 2.75) is 32.5 Å². The monoisotopic (exact) mass is 401 g/mol. The number of alkyl halides is 3. The number of para-hydroxylation sites is 2. The summed E-state index contributed by atoms with van der Waals surface area (Å²) in [5.74, 6) is -0.794. The maximum Gasteiger partial charge on any atom is 0.449 e. The van der Waals surface area contributed by atoms with Crippen molar-refractivity contribution in [1.29, 1.82) is 0 Å². The molecule has 0 unspecified atom stereocenters. The highest BCUT2D eigenvalue weighted by atomic mass is 19.4. The molecule has 0 spiro atoms. The fourth-order valence-electron chi connectivity index (χ4n) is 4.04. The van der Waals surface area contributed by atoms with Crippen LogP contribution >= 0.6 is 0 Å². The number of benzene rings is 2. The van der Waals surface area contributed by atoms with Gasteiger partial charge in [0.1, 0.15) is 0 Å². The number of halogens is 3. The highest BCUT2D eigenvalue weighted by Gasteiger charge is 2.38. The van der Waals surface area contributed by atoms with E-state index in [0.29, 0.717) is 42.5 Å². The van der Waals surface area contributed by atoms with Gasteiger partial charge in [0.25, 0.3) is 5.91 Å². The summed E-state index contributed by atoms with van der Waals surface area (Å²) < 4.78 is 41.8. The van der Waals surface area contributed by atoms with Gasteiger partial charge in [0.2, 0.25) is 5.82 Å². The lowest BCUT2D eigenvalue weighted by atomic mass is 9.95. The van der Waals surface area contributed by atoms with E-state index < -0.39 is 12.0 Å². The molecule has 3 aromatic rings. The molecule has 1 saturated heterocycles. The number of carbonyl (C=O) groups is 1. The van der Waals surface area contributed by atoms with Gasteiger partial charge in [-0.1, -0.05) is 30.3 Å². The maximum absolute atomic E-state index is 13.5. The van der Waals surface area contributed by atoms with Gasteiger partial charge in [0.15, 0.2) is 0 Å². The number of hydrogen-bond donors (Lipinski definition) is 0. The Labute approximate surface area is 167 Å². The largest absolute Gasteiger partial charge is 0.449 e. The molecule has 0 saturated carbocycles. The molecule has 1 amide bonds. The van der Waals surface area contributed by atoms with E-state index in [1.807, 2.05) is 31.2 Å². The number of aromatic nitrogens is 2. The minimum Gasteiger partial charge on any atom is -0.339 e. The zero-order valence-corrected chi connectivity index (χ0v) is 16.1. The van der Waals surface area contributed by atoms with Gasteiger partial charge in [0.05, 0.1) is 11.0 Å². The summed E-state index contributed by atoms with van der Waals surface area (Å²) in [6.07, 6.45) is -3.16. The Morgan fingerprint density at radius 1 is 1.07 bits per heavy atom. The number of piperidine rings is 1. The molecular formula is C22H22F3N3O. The molecule has 1 fully saturated rings. The van der Waals surface area contributed by atoms with Gasteiger partial charge in [0, 0.05) is 25.2 Å². The molecule has 4 rings (SSSR count). The van der Waals surface area contributed by atoms with Crippen LogP contribution in [0.2, 0.25) is 0 Å². The number of aryl methyl sites for hydroxylation is 1. The standard InChI is InChI=1S/C22H22F3N3O/c1-15-6-2-3-7-17(15)20(29)27-12-10-16(11-13-27)14-28-19-9-5-4-8-18(19)26-21(28)22(23,24)25/h2-9,16H,10-14H2,1H3. The lowest BCUT2D eigenvalue weighted by molar-refractivity contribution is -0.147. The Bertz CT molecular complexity index is 1030. The van der Waals surface area contributed by atoms with Gasteiger partial charge in [-0.15, -0.1) is 0 Å². The van der Waals surface area contributed by atoms with Crippen LogP contribution in [0.25, 0.3) is 11.0 Å². The van der Waals surface area contributed by atoms with E-state index >= 15 is 0 Å². The van der Waals surface area contributed by atoms with E-state index in [1.54, 1.807) is 29.2 Å². The van der Waals surface area contributed by atoms with Gasteiger partial charge in [-0.25, -0.2) is 4.98 Å². The zero-order valence-electron chi connectivity index (χ0n) is 16.1. The van der Waals surface area contributed by atoms with Crippen LogP contribution in [0.15, 0.2) is 48.5 Å². The second kappa shape index (κ2) is 7.54. The summed E-state index contributed by atoms with van der Waals surface area (Å²) in [6, 6.07) is 14.2. The third-order valence-electron chi connectivity index (χ3n) is 5.63. The lowest BCUT2D eigenvalue weighted by Gasteiger charge is -2.33. The van der Waals surface area contributed by atoms with Gasteiger partial charge in [-0.3, -0.25) is 4.79 Å². The number of imidazole rings is 1. The molecule has 0 bridgehead atoms. The smallest absolute Gasteiger partial charge is 0.339 e. The highest BCUT2D eigenvalue weighted by molar-refractivity contribution is 5.95. The third kappa shape index (κ3) is 3.86. The number of amides is 1. The van der Waals surface area contributed by atoms with Gasteiger partial charge in [-0.2, -0.15) is 13.2 Å². The minimum absolute atomic E-state index is 0.00869. The summed E-state index contributed by atoms with van der Waals surface area (Å²) in [4.78, 5) is 18.4. The molecule has 29 heavy (non-hydrogen) atoms. The molecule has 1 aliphatic heterocycles. The second-order valence-corrected chi connectivity index (χ2v) is 7.58. The summed E-state index contributed by atoms with van der Waals surface area (Å²) in [5, 5.41) is 0. The highest BCUT2D eigenvalue weighted by Crippen LogP contribution is 2.33. The predicted octanol–water partition coefficient (Wildman–Crippen LogP) is 4.92. The second-order valence-electron chi connectivity index (χ2n) is 7.58. The summed E-state index contributed by atoms with van der Waals surface area (Å²) in [7, 11) is 0. The van der Waals surface area contributed by atoms with Crippen molar-refractivity contribution in [3.63, 3.8) is 0 Å². The zero-order chi connectivity index (χ0) is 20.6. The van der Waals surface area contributed by atoms with E-state index in [0.717, 1.165) is 5.56 Å². The topological polar surface area (TPSA) is 38.1 Å². The van der Waals surface area contributed by atoms with Crippen LogP contribution in [0.5, 0.6) is 0 Å². The van der Waals surface area contributed by atoms with E-state index in [9.17, 15) is 18.0 Å². The molecule has 4 nitrogen and oxygen atoms in total. The Kier molecular flexibility index (Phi) is 5.06. The van der Waals surface area contributed by atoms with E-state index in [2.05, 4.69) is 4.98 Å². The molecule has 152 valence electrons. The predicted molar refractivity (Wildman–Crippen MR) is 105 cm³/mol.